The third-order valence-corrected chi connectivity index (χ3v) is 4.61. The number of halogens is 1. The number of likely N-dealkylation sites (tertiary alicyclic amines) is 1. The van der Waals surface area contributed by atoms with E-state index < -0.39 is 0 Å². The number of carbonyl (C=O) groups is 1. The van der Waals surface area contributed by atoms with E-state index in [9.17, 15) is 4.79 Å². The van der Waals surface area contributed by atoms with Gasteiger partial charge in [0.1, 0.15) is 0 Å². The molecule has 1 aromatic rings. The molecule has 0 unspecified atom stereocenters. The summed E-state index contributed by atoms with van der Waals surface area (Å²) >= 11 is 6.07. The Morgan fingerprint density at radius 3 is 2.86 bits per heavy atom. The van der Waals surface area contributed by atoms with Gasteiger partial charge in [-0.2, -0.15) is 0 Å². The summed E-state index contributed by atoms with van der Waals surface area (Å²) < 4.78 is 0. The van der Waals surface area contributed by atoms with Gasteiger partial charge in [0, 0.05) is 37.6 Å². The summed E-state index contributed by atoms with van der Waals surface area (Å²) in [5.41, 5.74) is 1.25. The number of carbonyl (C=O) groups excluding carboxylic acids is 1. The van der Waals surface area contributed by atoms with Crippen molar-refractivity contribution in [2.45, 2.75) is 25.9 Å². The number of nitrogens with one attached hydrogen (secondary N) is 1. The monoisotopic (exact) mass is 323 g/mol. The standard InChI is InChI=1S/C17H26ClN3O/c1-13(22)19-10-15-7-8-21(12-17(15)20(2)3)11-14-5-4-6-16(18)9-14/h4-6,9,15,17H,7-8,10-12H2,1-3H3,(H,19,22)/t15-,17-/m1/s1. The molecule has 1 fully saturated rings. The molecule has 0 bridgehead atoms. The maximum Gasteiger partial charge on any atom is 0.216 e. The van der Waals surface area contributed by atoms with Crippen LogP contribution in [0.2, 0.25) is 5.02 Å². The molecule has 1 heterocycles. The Labute approximate surface area is 138 Å². The Morgan fingerprint density at radius 1 is 1.45 bits per heavy atom. The van der Waals surface area contributed by atoms with E-state index in [2.05, 4.69) is 35.3 Å². The molecular formula is C17H26ClN3O. The van der Waals surface area contributed by atoms with E-state index in [1.807, 2.05) is 18.2 Å². The van der Waals surface area contributed by atoms with Crippen molar-refractivity contribution in [2.75, 3.05) is 33.7 Å². The molecule has 4 nitrogen and oxygen atoms in total. The van der Waals surface area contributed by atoms with Gasteiger partial charge in [0.15, 0.2) is 0 Å². The maximum atomic E-state index is 11.2. The van der Waals surface area contributed by atoms with Crippen LogP contribution in [0.25, 0.3) is 0 Å². The van der Waals surface area contributed by atoms with Crippen LogP contribution in [0, 0.1) is 5.92 Å². The van der Waals surface area contributed by atoms with E-state index in [0.717, 1.165) is 37.6 Å². The van der Waals surface area contributed by atoms with Crippen molar-refractivity contribution in [3.8, 4) is 0 Å². The first-order valence-electron chi connectivity index (χ1n) is 7.83. The maximum absolute atomic E-state index is 11.2. The number of likely N-dealkylation sites (N-methyl/N-ethyl adjacent to an activating group) is 1. The van der Waals surface area contributed by atoms with Crippen molar-refractivity contribution in [1.82, 2.24) is 15.1 Å². The Balaban J connectivity index is 1.95. The van der Waals surface area contributed by atoms with Gasteiger partial charge in [0.05, 0.1) is 0 Å². The lowest BCUT2D eigenvalue weighted by Crippen LogP contribution is -2.52. The van der Waals surface area contributed by atoms with Crippen LogP contribution >= 0.6 is 11.6 Å². The number of hydrogen-bond donors (Lipinski definition) is 1. The molecule has 1 N–H and O–H groups in total. The minimum atomic E-state index is 0.0545. The van der Waals surface area contributed by atoms with Crippen molar-refractivity contribution < 1.29 is 4.79 Å². The summed E-state index contributed by atoms with van der Waals surface area (Å²) in [7, 11) is 4.24. The van der Waals surface area contributed by atoms with Crippen molar-refractivity contribution in [2.24, 2.45) is 5.92 Å². The van der Waals surface area contributed by atoms with Gasteiger partial charge in [-0.25, -0.2) is 0 Å². The van der Waals surface area contributed by atoms with Gasteiger partial charge < -0.3 is 10.2 Å². The lowest BCUT2D eigenvalue weighted by atomic mass is 9.90. The molecule has 1 amide bonds. The predicted octanol–water partition coefficient (Wildman–Crippen LogP) is 2.23. The van der Waals surface area contributed by atoms with E-state index in [0.29, 0.717) is 12.0 Å². The van der Waals surface area contributed by atoms with Crippen LogP contribution in [0.1, 0.15) is 18.9 Å². The van der Waals surface area contributed by atoms with Crippen LogP contribution in [-0.4, -0.2) is 55.5 Å². The molecule has 2 atom stereocenters. The number of hydrogen-bond acceptors (Lipinski definition) is 3. The average molecular weight is 324 g/mol. The second-order valence-electron chi connectivity index (χ2n) is 6.38. The summed E-state index contributed by atoms with van der Waals surface area (Å²) in [6.45, 7) is 5.35. The van der Waals surface area contributed by atoms with Crippen LogP contribution < -0.4 is 5.32 Å². The number of amides is 1. The largest absolute Gasteiger partial charge is 0.356 e. The van der Waals surface area contributed by atoms with Crippen LogP contribution in [0.3, 0.4) is 0 Å². The summed E-state index contributed by atoms with van der Waals surface area (Å²) in [5, 5.41) is 3.76. The summed E-state index contributed by atoms with van der Waals surface area (Å²) in [5.74, 6) is 0.563. The van der Waals surface area contributed by atoms with E-state index in [-0.39, 0.29) is 5.91 Å². The van der Waals surface area contributed by atoms with E-state index in [1.54, 1.807) is 6.92 Å². The second kappa shape index (κ2) is 7.95. The minimum Gasteiger partial charge on any atom is -0.356 e. The molecule has 0 aliphatic carbocycles. The number of rotatable bonds is 5. The van der Waals surface area contributed by atoms with Gasteiger partial charge in [0.25, 0.3) is 0 Å². The smallest absolute Gasteiger partial charge is 0.216 e. The second-order valence-corrected chi connectivity index (χ2v) is 6.82. The van der Waals surface area contributed by atoms with Crippen LogP contribution in [0.15, 0.2) is 24.3 Å². The Morgan fingerprint density at radius 2 is 2.23 bits per heavy atom. The molecule has 1 aliphatic rings. The van der Waals surface area contributed by atoms with Gasteiger partial charge in [-0.3, -0.25) is 9.69 Å². The SMILES string of the molecule is CC(=O)NC[C@H]1CCN(Cc2cccc(Cl)c2)C[C@H]1N(C)C. The molecule has 22 heavy (non-hydrogen) atoms. The van der Waals surface area contributed by atoms with Gasteiger partial charge in [-0.15, -0.1) is 0 Å². The van der Waals surface area contributed by atoms with Crippen molar-refractivity contribution >= 4 is 17.5 Å². The predicted molar refractivity (Wildman–Crippen MR) is 91.0 cm³/mol. The molecule has 122 valence electrons. The minimum absolute atomic E-state index is 0.0545. The zero-order valence-electron chi connectivity index (χ0n) is 13.7. The molecule has 0 spiro atoms. The first-order chi connectivity index (χ1) is 10.5. The molecule has 1 aliphatic heterocycles. The first-order valence-corrected chi connectivity index (χ1v) is 8.21. The Hall–Kier alpha value is -1.10. The van der Waals surface area contributed by atoms with Gasteiger partial charge in [0.2, 0.25) is 5.91 Å². The van der Waals surface area contributed by atoms with Crippen LogP contribution in [0.4, 0.5) is 0 Å². The highest BCUT2D eigenvalue weighted by atomic mass is 35.5. The lowest BCUT2D eigenvalue weighted by molar-refractivity contribution is -0.119. The van der Waals surface area contributed by atoms with Crippen LogP contribution in [-0.2, 0) is 11.3 Å². The summed E-state index contributed by atoms with van der Waals surface area (Å²) in [4.78, 5) is 15.9. The summed E-state index contributed by atoms with van der Waals surface area (Å²) in [6.07, 6.45) is 1.10. The number of piperidine rings is 1. The van der Waals surface area contributed by atoms with Gasteiger partial charge >= 0.3 is 0 Å². The quantitative estimate of drug-likeness (QED) is 0.902. The molecule has 2 rings (SSSR count). The van der Waals surface area contributed by atoms with Crippen LogP contribution in [0.5, 0.6) is 0 Å². The third kappa shape index (κ3) is 4.97. The lowest BCUT2D eigenvalue weighted by Gasteiger charge is -2.42. The highest BCUT2D eigenvalue weighted by molar-refractivity contribution is 6.30. The third-order valence-electron chi connectivity index (χ3n) is 4.38. The highest BCUT2D eigenvalue weighted by Gasteiger charge is 2.30. The molecule has 0 radical (unpaired) electrons. The van der Waals surface area contributed by atoms with E-state index in [1.165, 1.54) is 5.56 Å². The van der Waals surface area contributed by atoms with E-state index >= 15 is 0 Å². The normalized spacial score (nSPS) is 22.8. The molecule has 1 saturated heterocycles. The van der Waals surface area contributed by atoms with Crippen molar-refractivity contribution in [3.63, 3.8) is 0 Å². The Kier molecular flexibility index (Phi) is 6.24. The molecular weight excluding hydrogens is 298 g/mol. The number of benzene rings is 1. The molecule has 0 saturated carbocycles. The molecule has 0 aromatic heterocycles. The zero-order valence-corrected chi connectivity index (χ0v) is 14.4. The average Bonchev–Trinajstić information content (AvgIpc) is 2.45. The number of nitrogens with zero attached hydrogens (tertiary/aromatic N) is 2. The van der Waals surface area contributed by atoms with E-state index in [4.69, 9.17) is 11.6 Å². The molecule has 1 aromatic carbocycles. The summed E-state index contributed by atoms with van der Waals surface area (Å²) in [6, 6.07) is 8.54. The van der Waals surface area contributed by atoms with Crippen molar-refractivity contribution in [1.29, 1.82) is 0 Å². The van der Waals surface area contributed by atoms with Gasteiger partial charge in [-0.1, -0.05) is 23.7 Å². The zero-order chi connectivity index (χ0) is 16.1. The Bertz CT molecular complexity index is 506. The van der Waals surface area contributed by atoms with Crippen molar-refractivity contribution in [3.05, 3.63) is 34.9 Å². The fourth-order valence-electron chi connectivity index (χ4n) is 3.18. The fourth-order valence-corrected chi connectivity index (χ4v) is 3.39. The first kappa shape index (κ1) is 17.3. The topological polar surface area (TPSA) is 35.6 Å². The molecule has 5 heteroatoms. The van der Waals surface area contributed by atoms with Gasteiger partial charge in [-0.05, 0) is 50.7 Å². The fraction of sp³-hybridized carbons (Fsp3) is 0.588. The highest BCUT2D eigenvalue weighted by Crippen LogP contribution is 2.23.